The minimum absolute atomic E-state index is 0.279. The molecule has 0 aliphatic carbocycles. The quantitative estimate of drug-likeness (QED) is 0.114. The van der Waals surface area contributed by atoms with Crippen molar-refractivity contribution in [3.63, 3.8) is 0 Å². The van der Waals surface area contributed by atoms with Crippen molar-refractivity contribution in [1.29, 1.82) is 0 Å². The lowest BCUT2D eigenvalue weighted by atomic mass is 9.97. The van der Waals surface area contributed by atoms with Crippen LogP contribution in [0.1, 0.15) is 103 Å². The predicted octanol–water partition coefficient (Wildman–Crippen LogP) is 6.36. The molecule has 1 atom stereocenters. The van der Waals surface area contributed by atoms with Crippen LogP contribution >= 0.6 is 0 Å². The van der Waals surface area contributed by atoms with Gasteiger partial charge in [-0.05, 0) is 44.6 Å². The maximum Gasteiger partial charge on any atom is 0.334 e. The molecule has 0 aromatic rings. The summed E-state index contributed by atoms with van der Waals surface area (Å²) in [6, 6.07) is 0. The van der Waals surface area contributed by atoms with E-state index in [4.69, 9.17) is 4.74 Å². The summed E-state index contributed by atoms with van der Waals surface area (Å²) in [5, 5.41) is 9.64. The number of unbranched alkanes of at least 4 members (excludes halogenated alkanes) is 12. The molecular weight excluding hydrogens is 404 g/mol. The van der Waals surface area contributed by atoms with Gasteiger partial charge in [-0.25, -0.2) is 9.59 Å². The van der Waals surface area contributed by atoms with Crippen LogP contribution in [-0.4, -0.2) is 36.4 Å². The van der Waals surface area contributed by atoms with Crippen LogP contribution in [0.2, 0.25) is 0 Å². The molecule has 0 bridgehead atoms. The molecule has 1 fully saturated rings. The molecule has 0 aromatic carbocycles. The zero-order valence-corrected chi connectivity index (χ0v) is 20.3. The van der Waals surface area contributed by atoms with Gasteiger partial charge in [-0.2, -0.15) is 0 Å². The van der Waals surface area contributed by atoms with Crippen molar-refractivity contribution in [2.24, 2.45) is 0 Å². The van der Waals surface area contributed by atoms with Crippen molar-refractivity contribution in [1.82, 2.24) is 0 Å². The number of aliphatic hydroxyl groups is 1. The number of carbonyl (C=O) groups is 2. The van der Waals surface area contributed by atoms with E-state index in [0.29, 0.717) is 5.57 Å². The summed E-state index contributed by atoms with van der Waals surface area (Å²) in [4.78, 5) is 23.4. The van der Waals surface area contributed by atoms with Crippen molar-refractivity contribution < 1.29 is 24.2 Å². The average molecular weight is 449 g/mol. The van der Waals surface area contributed by atoms with Crippen LogP contribution in [0.25, 0.3) is 0 Å². The van der Waals surface area contributed by atoms with E-state index in [1.807, 2.05) is 6.08 Å². The van der Waals surface area contributed by atoms with Gasteiger partial charge in [0.25, 0.3) is 0 Å². The lowest BCUT2D eigenvalue weighted by Crippen LogP contribution is -2.30. The van der Waals surface area contributed by atoms with E-state index in [2.05, 4.69) is 23.8 Å². The standard InChI is InChI=1S/C27H44O5/c1-3-4-5-6-7-8-9-10-11-12-13-14-15-16-17-18-19-24-22-27(23-28,32-26(24)30)21-20-25(29)31-2/h10-11,19-21,28H,3-9,12-18,22-23H2,1-2H3/b11-10-,21-20+,24-19+/t27-/m1/s1. The predicted molar refractivity (Wildman–Crippen MR) is 129 cm³/mol. The van der Waals surface area contributed by atoms with Crippen LogP contribution < -0.4 is 0 Å². The summed E-state index contributed by atoms with van der Waals surface area (Å²) in [5.41, 5.74) is -0.580. The Morgan fingerprint density at radius 2 is 1.53 bits per heavy atom. The Balaban J connectivity index is 2.10. The van der Waals surface area contributed by atoms with Gasteiger partial charge in [-0.3, -0.25) is 0 Å². The summed E-state index contributed by atoms with van der Waals surface area (Å²) in [7, 11) is 1.28. The van der Waals surface area contributed by atoms with Crippen molar-refractivity contribution in [3.8, 4) is 0 Å². The fourth-order valence-electron chi connectivity index (χ4n) is 3.85. The highest BCUT2D eigenvalue weighted by Gasteiger charge is 2.41. The van der Waals surface area contributed by atoms with E-state index in [1.165, 1.54) is 89.9 Å². The monoisotopic (exact) mass is 448 g/mol. The number of methoxy groups -OCH3 is 1. The normalized spacial score (nSPS) is 20.0. The zero-order valence-electron chi connectivity index (χ0n) is 20.3. The molecule has 1 N–H and O–H groups in total. The number of cyclic esters (lactones) is 1. The van der Waals surface area contributed by atoms with Gasteiger partial charge in [0.15, 0.2) is 5.60 Å². The number of rotatable bonds is 18. The summed E-state index contributed by atoms with van der Waals surface area (Å²) >= 11 is 0. The summed E-state index contributed by atoms with van der Waals surface area (Å²) in [6.45, 7) is 1.89. The van der Waals surface area contributed by atoms with Gasteiger partial charge in [-0.15, -0.1) is 0 Å². The maximum atomic E-state index is 12.1. The number of carbonyl (C=O) groups excluding carboxylic acids is 2. The number of esters is 2. The second-order valence-corrected chi connectivity index (χ2v) is 8.75. The molecule has 0 unspecified atom stereocenters. The van der Waals surface area contributed by atoms with Crippen LogP contribution in [0.4, 0.5) is 0 Å². The van der Waals surface area contributed by atoms with Gasteiger partial charge in [0, 0.05) is 18.1 Å². The molecule has 1 aliphatic rings. The SMILES string of the molecule is CCCCCCCC/C=C\CCCCCCC/C=C1\C[C@](/C=C/C(=O)OC)(CO)OC1=O. The molecule has 0 spiro atoms. The van der Waals surface area contributed by atoms with Crippen LogP contribution in [0.3, 0.4) is 0 Å². The van der Waals surface area contributed by atoms with Crippen molar-refractivity contribution >= 4 is 11.9 Å². The molecule has 5 nitrogen and oxygen atoms in total. The Kier molecular flexibility index (Phi) is 15.5. The van der Waals surface area contributed by atoms with Crippen LogP contribution in [0.15, 0.2) is 36.0 Å². The molecular formula is C27H44O5. The molecule has 0 saturated carbocycles. The molecule has 1 aliphatic heterocycles. The topological polar surface area (TPSA) is 72.8 Å². The van der Waals surface area contributed by atoms with E-state index in [1.54, 1.807) is 0 Å². The molecule has 5 heteroatoms. The fourth-order valence-corrected chi connectivity index (χ4v) is 3.85. The number of aliphatic hydroxyl groups excluding tert-OH is 1. The van der Waals surface area contributed by atoms with Gasteiger partial charge in [-0.1, -0.05) is 76.5 Å². The van der Waals surface area contributed by atoms with Crippen molar-refractivity contribution in [3.05, 3.63) is 36.0 Å². The van der Waals surface area contributed by atoms with E-state index in [0.717, 1.165) is 19.3 Å². The van der Waals surface area contributed by atoms with Crippen molar-refractivity contribution in [2.75, 3.05) is 13.7 Å². The zero-order chi connectivity index (χ0) is 23.5. The molecule has 1 heterocycles. The summed E-state index contributed by atoms with van der Waals surface area (Å²) in [6.07, 6.45) is 26.7. The minimum Gasteiger partial charge on any atom is -0.466 e. The molecule has 182 valence electrons. The highest BCUT2D eigenvalue weighted by Crippen LogP contribution is 2.32. The van der Waals surface area contributed by atoms with Gasteiger partial charge >= 0.3 is 11.9 Å². The van der Waals surface area contributed by atoms with Gasteiger partial charge in [0.1, 0.15) is 0 Å². The highest BCUT2D eigenvalue weighted by atomic mass is 16.6. The Hall–Kier alpha value is -1.88. The first-order chi connectivity index (χ1) is 15.6. The third-order valence-electron chi connectivity index (χ3n) is 5.90. The average Bonchev–Trinajstić information content (AvgIpc) is 3.13. The fraction of sp³-hybridized carbons (Fsp3) is 0.704. The summed E-state index contributed by atoms with van der Waals surface area (Å²) < 4.78 is 9.88. The number of ether oxygens (including phenoxy) is 2. The number of hydrogen-bond donors (Lipinski definition) is 1. The van der Waals surface area contributed by atoms with E-state index >= 15 is 0 Å². The first-order valence-electron chi connectivity index (χ1n) is 12.5. The third kappa shape index (κ3) is 12.2. The van der Waals surface area contributed by atoms with Crippen LogP contribution in [0.5, 0.6) is 0 Å². The number of allylic oxidation sites excluding steroid dienone is 3. The third-order valence-corrected chi connectivity index (χ3v) is 5.90. The second kappa shape index (κ2) is 17.6. The number of hydrogen-bond acceptors (Lipinski definition) is 5. The molecule has 0 radical (unpaired) electrons. The lowest BCUT2D eigenvalue weighted by molar-refractivity contribution is -0.146. The summed E-state index contributed by atoms with van der Waals surface area (Å²) in [5.74, 6) is -0.957. The smallest absolute Gasteiger partial charge is 0.334 e. The largest absolute Gasteiger partial charge is 0.466 e. The molecule has 1 saturated heterocycles. The van der Waals surface area contributed by atoms with Crippen LogP contribution in [0, 0.1) is 0 Å². The molecule has 0 amide bonds. The highest BCUT2D eigenvalue weighted by molar-refractivity contribution is 5.92. The molecule has 1 rings (SSSR count). The Morgan fingerprint density at radius 1 is 0.969 bits per heavy atom. The molecule has 0 aromatic heterocycles. The minimum atomic E-state index is -1.15. The maximum absolute atomic E-state index is 12.1. The Bertz CT molecular complexity index is 620. The van der Waals surface area contributed by atoms with E-state index in [9.17, 15) is 14.7 Å². The Labute approximate surface area is 194 Å². The van der Waals surface area contributed by atoms with Gasteiger partial charge in [0.2, 0.25) is 0 Å². The van der Waals surface area contributed by atoms with Gasteiger partial charge in [0.05, 0.1) is 13.7 Å². The van der Waals surface area contributed by atoms with E-state index in [-0.39, 0.29) is 13.0 Å². The lowest BCUT2D eigenvalue weighted by Gasteiger charge is -2.19. The van der Waals surface area contributed by atoms with E-state index < -0.39 is 17.5 Å². The van der Waals surface area contributed by atoms with Crippen LogP contribution in [-0.2, 0) is 19.1 Å². The second-order valence-electron chi connectivity index (χ2n) is 8.75. The Morgan fingerprint density at radius 3 is 2.09 bits per heavy atom. The first-order valence-corrected chi connectivity index (χ1v) is 12.5. The van der Waals surface area contributed by atoms with Crippen molar-refractivity contribution in [2.45, 2.75) is 109 Å². The van der Waals surface area contributed by atoms with Gasteiger partial charge < -0.3 is 14.6 Å². The first kappa shape index (κ1) is 28.2. The molecule has 32 heavy (non-hydrogen) atoms.